The first-order chi connectivity index (χ1) is 29.2. The van der Waals surface area contributed by atoms with Crippen LogP contribution >= 0.6 is 0 Å². The highest BCUT2D eigenvalue weighted by molar-refractivity contribution is 5.86. The Morgan fingerprint density at radius 2 is 1.43 bits per heavy atom. The van der Waals surface area contributed by atoms with Crippen molar-refractivity contribution in [3.63, 3.8) is 0 Å². The largest absolute Gasteiger partial charge is 0.462 e. The van der Waals surface area contributed by atoms with Crippen molar-refractivity contribution < 1.29 is 48.0 Å². The Hall–Kier alpha value is -5.99. The van der Waals surface area contributed by atoms with E-state index in [9.17, 15) is 24.0 Å². The van der Waals surface area contributed by atoms with Gasteiger partial charge in [0.15, 0.2) is 0 Å². The van der Waals surface area contributed by atoms with Gasteiger partial charge in [-0.05, 0) is 66.3 Å². The van der Waals surface area contributed by atoms with Crippen molar-refractivity contribution in [2.75, 3.05) is 46.1 Å². The number of carbonyl (C=O) groups excluding carboxylic acids is 5. The number of aliphatic hydroxyl groups excluding tert-OH is 1. The Morgan fingerprint density at radius 3 is 2.12 bits per heavy atom. The second kappa shape index (κ2) is 26.2. The van der Waals surface area contributed by atoms with Gasteiger partial charge in [0.05, 0.1) is 31.8 Å². The number of rotatable bonds is 27. The highest BCUT2D eigenvalue weighted by Gasteiger charge is 2.31. The molecule has 0 aliphatic heterocycles. The molecule has 60 heavy (non-hydrogen) atoms. The lowest BCUT2D eigenvalue weighted by Crippen LogP contribution is -2.46. The molecule has 0 saturated heterocycles. The van der Waals surface area contributed by atoms with Crippen LogP contribution < -0.4 is 21.3 Å². The Morgan fingerprint density at radius 1 is 0.733 bits per heavy atom. The molecule has 0 radical (unpaired) electrons. The summed E-state index contributed by atoms with van der Waals surface area (Å²) in [6.45, 7) is 8.22. The van der Waals surface area contributed by atoms with Crippen molar-refractivity contribution in [2.45, 2.75) is 69.6 Å². The Balaban J connectivity index is 1.34. The fourth-order valence-electron chi connectivity index (χ4n) is 6.81. The zero-order valence-corrected chi connectivity index (χ0v) is 34.1. The second-order valence-electron chi connectivity index (χ2n) is 14.3. The molecule has 0 aromatic heterocycles. The Bertz CT molecular complexity index is 1810. The molecule has 14 nitrogen and oxygen atoms in total. The predicted molar refractivity (Wildman–Crippen MR) is 227 cm³/mol. The van der Waals surface area contributed by atoms with E-state index in [0.29, 0.717) is 32.2 Å². The van der Waals surface area contributed by atoms with Crippen LogP contribution in [0.2, 0.25) is 0 Å². The van der Waals surface area contributed by atoms with Crippen molar-refractivity contribution in [3.8, 4) is 11.1 Å². The van der Waals surface area contributed by atoms with Crippen LogP contribution in [0, 0.1) is 5.92 Å². The third-order valence-electron chi connectivity index (χ3n) is 9.87. The summed E-state index contributed by atoms with van der Waals surface area (Å²) in [5.41, 5.74) is 5.16. The monoisotopic (exact) mass is 826 g/mol. The van der Waals surface area contributed by atoms with Gasteiger partial charge in [-0.2, -0.15) is 0 Å². The van der Waals surface area contributed by atoms with E-state index in [1.807, 2.05) is 78.9 Å². The van der Waals surface area contributed by atoms with Gasteiger partial charge in [0.2, 0.25) is 11.8 Å². The van der Waals surface area contributed by atoms with Crippen molar-refractivity contribution in [2.24, 2.45) is 5.92 Å². The third kappa shape index (κ3) is 15.6. The van der Waals surface area contributed by atoms with Gasteiger partial charge in [-0.25, -0.2) is 14.4 Å². The number of amides is 4. The number of allylic oxidation sites excluding steroid dienone is 2. The first-order valence-electron chi connectivity index (χ1n) is 20.4. The zero-order valence-electron chi connectivity index (χ0n) is 34.1. The van der Waals surface area contributed by atoms with Crippen LogP contribution in [0.4, 0.5) is 9.59 Å². The van der Waals surface area contributed by atoms with Crippen LogP contribution in [0.5, 0.6) is 0 Å². The molecule has 5 N–H and O–H groups in total. The van der Waals surface area contributed by atoms with E-state index in [1.54, 1.807) is 12.2 Å². The van der Waals surface area contributed by atoms with E-state index in [4.69, 9.17) is 24.1 Å². The van der Waals surface area contributed by atoms with Gasteiger partial charge in [-0.3, -0.25) is 9.59 Å². The third-order valence-corrected chi connectivity index (χ3v) is 9.87. The van der Waals surface area contributed by atoms with Crippen LogP contribution in [0.1, 0.15) is 67.6 Å². The maximum absolute atomic E-state index is 13.6. The number of nitrogens with one attached hydrogen (secondary N) is 4. The molecule has 0 spiro atoms. The van der Waals surface area contributed by atoms with E-state index in [2.05, 4.69) is 34.4 Å². The summed E-state index contributed by atoms with van der Waals surface area (Å²) >= 11 is 0. The summed E-state index contributed by atoms with van der Waals surface area (Å²) < 4.78 is 21.9. The number of carbonyl (C=O) groups is 5. The molecule has 0 heterocycles. The van der Waals surface area contributed by atoms with Crippen molar-refractivity contribution in [1.29, 1.82) is 0 Å². The number of unbranched alkanes of at least 4 members (excludes halogenated alkanes) is 1. The molecule has 1 aliphatic rings. The number of ether oxygens (including phenoxy) is 4. The summed E-state index contributed by atoms with van der Waals surface area (Å²) in [7, 11) is 0. The van der Waals surface area contributed by atoms with Crippen LogP contribution in [0.15, 0.2) is 104 Å². The zero-order chi connectivity index (χ0) is 43.0. The van der Waals surface area contributed by atoms with Crippen molar-refractivity contribution >= 4 is 30.0 Å². The number of benzene rings is 3. The van der Waals surface area contributed by atoms with E-state index >= 15 is 0 Å². The molecular formula is C46H58N4O10. The summed E-state index contributed by atoms with van der Waals surface area (Å²) in [5, 5.41) is 19.9. The minimum atomic E-state index is -1.06. The first-order valence-corrected chi connectivity index (χ1v) is 20.4. The van der Waals surface area contributed by atoms with Gasteiger partial charge in [0.1, 0.15) is 25.9 Å². The van der Waals surface area contributed by atoms with E-state index in [-0.39, 0.29) is 77.3 Å². The summed E-state index contributed by atoms with van der Waals surface area (Å²) in [6.07, 6.45) is 3.99. The number of aliphatic hydroxyl groups is 1. The first kappa shape index (κ1) is 46.7. The maximum Gasteiger partial charge on any atom is 0.407 e. The molecule has 1 aliphatic carbocycles. The highest BCUT2D eigenvalue weighted by Crippen LogP contribution is 2.44. The van der Waals surface area contributed by atoms with Gasteiger partial charge in [-0.1, -0.05) is 91.0 Å². The molecule has 4 rings (SSSR count). The minimum absolute atomic E-state index is 0.0676. The lowest BCUT2D eigenvalue weighted by atomic mass is 9.98. The average Bonchev–Trinajstić information content (AvgIpc) is 3.58. The maximum atomic E-state index is 13.6. The van der Waals surface area contributed by atoms with E-state index < -0.39 is 42.1 Å². The molecule has 3 atom stereocenters. The molecule has 14 heteroatoms. The SMILES string of the molecule is C=CCC[C@H](NC(=O)OCC1c2ccccc2-c2ccccc21)C(=O)OC[C@H](CCCCNC(=O)OCc1ccccc1)NC(=O)[C@H](CC=C)CC(=O)NCCOCCO. The van der Waals surface area contributed by atoms with Gasteiger partial charge >= 0.3 is 18.2 Å². The molecule has 322 valence electrons. The highest BCUT2D eigenvalue weighted by atomic mass is 16.6. The smallest absolute Gasteiger partial charge is 0.407 e. The molecule has 0 fully saturated rings. The number of hydrogen-bond donors (Lipinski definition) is 5. The summed E-state index contributed by atoms with van der Waals surface area (Å²) in [4.78, 5) is 65.2. The van der Waals surface area contributed by atoms with E-state index in [0.717, 1.165) is 27.8 Å². The quantitative estimate of drug-likeness (QED) is 0.0276. The molecular weight excluding hydrogens is 769 g/mol. The van der Waals surface area contributed by atoms with Gasteiger partial charge in [-0.15, -0.1) is 13.2 Å². The molecule has 3 aromatic carbocycles. The fourth-order valence-corrected chi connectivity index (χ4v) is 6.81. The standard InChI is InChI=1S/C46H58N4O10/c1-3-5-23-41(50-46(56)60-32-40-38-21-11-9-19-36(38)37-20-10-12-22-39(37)40)44(54)58-31-35(18-13-14-24-48-45(55)59-30-33-16-7-6-8-17-33)49-43(53)34(15-4-2)29-42(52)47-25-27-57-28-26-51/h3-4,6-12,16-17,19-22,34-35,40-41,51H,1-2,5,13-15,18,23-32H2,(H,47,52)(H,48,55)(H,49,53)(H,50,56)/t34-,35+,41+/m1/s1. The number of alkyl carbamates (subject to hydrolysis) is 2. The molecule has 0 saturated carbocycles. The summed E-state index contributed by atoms with van der Waals surface area (Å²) in [5.74, 6) is -2.41. The molecule has 0 bridgehead atoms. The summed E-state index contributed by atoms with van der Waals surface area (Å²) in [6, 6.07) is 23.6. The normalized spacial score (nSPS) is 13.0. The lowest BCUT2D eigenvalue weighted by molar-refractivity contribution is -0.147. The number of fused-ring (bicyclic) bond motifs is 3. The second-order valence-corrected chi connectivity index (χ2v) is 14.3. The topological polar surface area (TPSA) is 191 Å². The Kier molecular flexibility index (Phi) is 20.4. The molecule has 3 aromatic rings. The van der Waals surface area contributed by atoms with Gasteiger partial charge < -0.3 is 45.3 Å². The minimum Gasteiger partial charge on any atom is -0.462 e. The Labute approximate surface area is 352 Å². The van der Waals surface area contributed by atoms with Crippen LogP contribution in [0.3, 0.4) is 0 Å². The van der Waals surface area contributed by atoms with Crippen molar-refractivity contribution in [1.82, 2.24) is 21.3 Å². The predicted octanol–water partition coefficient (Wildman–Crippen LogP) is 5.69. The molecule has 4 amide bonds. The lowest BCUT2D eigenvalue weighted by Gasteiger charge is -2.24. The van der Waals surface area contributed by atoms with Crippen LogP contribution in [-0.2, 0) is 39.9 Å². The average molecular weight is 827 g/mol. The van der Waals surface area contributed by atoms with Crippen molar-refractivity contribution in [3.05, 3.63) is 121 Å². The van der Waals surface area contributed by atoms with Crippen LogP contribution in [-0.4, -0.2) is 93.3 Å². The van der Waals surface area contributed by atoms with Crippen LogP contribution in [0.25, 0.3) is 11.1 Å². The fraction of sp³-hybridized carbons (Fsp3) is 0.413. The number of esters is 1. The molecule has 0 unspecified atom stereocenters. The van der Waals surface area contributed by atoms with E-state index in [1.165, 1.54) is 0 Å². The van der Waals surface area contributed by atoms with Gasteiger partial charge in [0, 0.05) is 25.4 Å². The number of hydrogen-bond acceptors (Lipinski definition) is 10. The van der Waals surface area contributed by atoms with Gasteiger partial charge in [0.25, 0.3) is 0 Å².